The van der Waals surface area contributed by atoms with Crippen molar-refractivity contribution in [1.29, 1.82) is 0 Å². The van der Waals surface area contributed by atoms with Crippen molar-refractivity contribution < 1.29 is 22.9 Å². The van der Waals surface area contributed by atoms with E-state index in [2.05, 4.69) is 10.3 Å². The van der Waals surface area contributed by atoms with Crippen molar-refractivity contribution in [1.82, 2.24) is 4.98 Å². The standard InChI is InChI=1S/C10H11N2O5P/c13-9(12-8-3-1-2-4-11-8)10-5-15-18(14,16-6-10)17-7-10/h1-4H,5-7H2,(H,11,12,13). The Bertz CT molecular complexity index is 489. The Morgan fingerprint density at radius 2 is 1.94 bits per heavy atom. The van der Waals surface area contributed by atoms with E-state index in [1.807, 2.05) is 0 Å². The molecule has 4 rings (SSSR count). The fourth-order valence-corrected chi connectivity index (χ4v) is 3.17. The molecular weight excluding hydrogens is 259 g/mol. The van der Waals surface area contributed by atoms with Gasteiger partial charge in [0.15, 0.2) is 0 Å². The van der Waals surface area contributed by atoms with Crippen molar-refractivity contribution in [3.05, 3.63) is 24.4 Å². The number of anilines is 1. The van der Waals surface area contributed by atoms with Crippen LogP contribution in [0.25, 0.3) is 0 Å². The van der Waals surface area contributed by atoms with E-state index in [0.717, 1.165) is 0 Å². The van der Waals surface area contributed by atoms with Crippen molar-refractivity contribution in [3.63, 3.8) is 0 Å². The summed E-state index contributed by atoms with van der Waals surface area (Å²) < 4.78 is 26.4. The Balaban J connectivity index is 1.75. The molecule has 0 aliphatic carbocycles. The summed E-state index contributed by atoms with van der Waals surface area (Å²) >= 11 is 0. The molecule has 0 spiro atoms. The van der Waals surface area contributed by atoms with E-state index in [1.165, 1.54) is 0 Å². The molecule has 1 aromatic heterocycles. The average Bonchev–Trinajstić information content (AvgIpc) is 2.41. The monoisotopic (exact) mass is 270 g/mol. The third-order valence-corrected chi connectivity index (χ3v) is 4.22. The van der Waals surface area contributed by atoms with E-state index in [-0.39, 0.29) is 25.7 Å². The van der Waals surface area contributed by atoms with E-state index < -0.39 is 13.2 Å². The minimum Gasteiger partial charge on any atom is -0.310 e. The molecule has 3 saturated heterocycles. The van der Waals surface area contributed by atoms with E-state index in [1.54, 1.807) is 24.4 Å². The van der Waals surface area contributed by atoms with Gasteiger partial charge in [-0.15, -0.1) is 0 Å². The number of nitrogens with one attached hydrogen (secondary N) is 1. The lowest BCUT2D eigenvalue weighted by Gasteiger charge is -2.42. The minimum absolute atomic E-state index is 0.0307. The molecule has 3 fully saturated rings. The molecule has 3 aliphatic heterocycles. The lowest BCUT2D eigenvalue weighted by Crippen LogP contribution is -2.52. The van der Waals surface area contributed by atoms with E-state index in [0.29, 0.717) is 5.82 Å². The molecule has 0 radical (unpaired) electrons. The van der Waals surface area contributed by atoms with Gasteiger partial charge in [0.25, 0.3) is 0 Å². The normalized spacial score (nSPS) is 34.2. The van der Waals surface area contributed by atoms with E-state index in [9.17, 15) is 9.36 Å². The fourth-order valence-electron chi connectivity index (χ4n) is 1.73. The van der Waals surface area contributed by atoms with Gasteiger partial charge < -0.3 is 5.32 Å². The third kappa shape index (κ3) is 1.95. The zero-order valence-corrected chi connectivity index (χ0v) is 10.3. The highest BCUT2D eigenvalue weighted by atomic mass is 31.2. The number of carbonyl (C=O) groups is 1. The number of pyridine rings is 1. The highest BCUT2D eigenvalue weighted by molar-refractivity contribution is 7.48. The number of nitrogens with zero attached hydrogens (tertiary/aromatic N) is 1. The van der Waals surface area contributed by atoms with Gasteiger partial charge in [-0.1, -0.05) is 6.07 Å². The Morgan fingerprint density at radius 1 is 1.28 bits per heavy atom. The van der Waals surface area contributed by atoms with Crippen molar-refractivity contribution in [2.24, 2.45) is 5.41 Å². The number of rotatable bonds is 2. The zero-order valence-electron chi connectivity index (χ0n) is 9.37. The number of carbonyl (C=O) groups excluding carboxylic acids is 1. The van der Waals surface area contributed by atoms with Gasteiger partial charge in [0.05, 0.1) is 19.8 Å². The molecule has 3 aliphatic rings. The number of phosphoric ester groups is 1. The first kappa shape index (κ1) is 11.8. The second-order valence-corrected chi connectivity index (χ2v) is 5.89. The maximum absolute atomic E-state index is 12.2. The second-order valence-electron chi connectivity index (χ2n) is 4.22. The predicted octanol–water partition coefficient (Wildman–Crippen LogP) is 1.19. The SMILES string of the molecule is O=C(Nc1ccccn1)C12COP(=O)(OC1)OC2. The minimum atomic E-state index is -3.39. The van der Waals surface area contributed by atoms with Gasteiger partial charge in [0.1, 0.15) is 11.2 Å². The smallest absolute Gasteiger partial charge is 0.310 e. The molecule has 4 heterocycles. The van der Waals surface area contributed by atoms with Gasteiger partial charge in [-0.25, -0.2) is 9.55 Å². The number of hydrogen-bond donors (Lipinski definition) is 1. The first-order valence-corrected chi connectivity index (χ1v) is 6.84. The van der Waals surface area contributed by atoms with Gasteiger partial charge in [0.2, 0.25) is 5.91 Å². The molecule has 0 aromatic carbocycles. The van der Waals surface area contributed by atoms with Gasteiger partial charge >= 0.3 is 7.82 Å². The maximum atomic E-state index is 12.2. The van der Waals surface area contributed by atoms with Crippen LogP contribution < -0.4 is 5.32 Å². The highest BCUT2D eigenvalue weighted by Gasteiger charge is 2.54. The molecule has 0 saturated carbocycles. The van der Waals surface area contributed by atoms with Crippen molar-refractivity contribution in [2.45, 2.75) is 0 Å². The zero-order chi connectivity index (χ0) is 12.6. The molecule has 18 heavy (non-hydrogen) atoms. The van der Waals surface area contributed by atoms with Crippen LogP contribution in [-0.2, 0) is 22.9 Å². The summed E-state index contributed by atoms with van der Waals surface area (Å²) in [5.41, 5.74) is -0.955. The van der Waals surface area contributed by atoms with Crippen LogP contribution >= 0.6 is 7.82 Å². The van der Waals surface area contributed by atoms with Gasteiger partial charge in [-0.2, -0.15) is 0 Å². The molecule has 0 unspecified atom stereocenters. The largest absolute Gasteiger partial charge is 0.474 e. The second kappa shape index (κ2) is 4.13. The predicted molar refractivity (Wildman–Crippen MR) is 60.8 cm³/mol. The summed E-state index contributed by atoms with van der Waals surface area (Å²) in [4.78, 5) is 16.2. The molecule has 2 bridgehead atoms. The Morgan fingerprint density at radius 3 is 2.50 bits per heavy atom. The molecule has 8 heteroatoms. The first-order chi connectivity index (χ1) is 8.62. The van der Waals surface area contributed by atoms with Crippen LogP contribution in [-0.4, -0.2) is 30.7 Å². The van der Waals surface area contributed by atoms with E-state index >= 15 is 0 Å². The lowest BCUT2D eigenvalue weighted by molar-refractivity contribution is -0.146. The quantitative estimate of drug-likeness (QED) is 0.812. The van der Waals surface area contributed by atoms with Crippen LogP contribution in [0.2, 0.25) is 0 Å². The molecule has 1 aromatic rings. The van der Waals surface area contributed by atoms with Crippen molar-refractivity contribution >= 4 is 19.5 Å². The molecular formula is C10H11N2O5P. The van der Waals surface area contributed by atoms with Crippen molar-refractivity contribution in [2.75, 3.05) is 25.1 Å². The maximum Gasteiger partial charge on any atom is 0.474 e. The molecule has 96 valence electrons. The van der Waals surface area contributed by atoms with Crippen LogP contribution in [0.5, 0.6) is 0 Å². The number of hydrogen-bond acceptors (Lipinski definition) is 6. The number of aromatic nitrogens is 1. The van der Waals surface area contributed by atoms with Gasteiger partial charge in [0, 0.05) is 6.20 Å². The topological polar surface area (TPSA) is 86.8 Å². The summed E-state index contributed by atoms with van der Waals surface area (Å²) in [6.07, 6.45) is 1.58. The number of phosphoric acid groups is 1. The van der Waals surface area contributed by atoms with Crippen LogP contribution in [0.4, 0.5) is 5.82 Å². The van der Waals surface area contributed by atoms with Crippen molar-refractivity contribution in [3.8, 4) is 0 Å². The molecule has 1 amide bonds. The third-order valence-electron chi connectivity index (χ3n) is 2.89. The summed E-state index contributed by atoms with van der Waals surface area (Å²) in [5.74, 6) is 0.128. The summed E-state index contributed by atoms with van der Waals surface area (Å²) in [6.45, 7) is 0.0921. The van der Waals surface area contributed by atoms with Gasteiger partial charge in [-0.05, 0) is 12.1 Å². The number of fused-ring (bicyclic) bond motifs is 3. The lowest BCUT2D eigenvalue weighted by atomic mass is 9.90. The summed E-state index contributed by atoms with van der Waals surface area (Å²) in [5, 5.41) is 2.66. The highest BCUT2D eigenvalue weighted by Crippen LogP contribution is 2.60. The summed E-state index contributed by atoms with van der Waals surface area (Å²) in [7, 11) is -3.39. The average molecular weight is 270 g/mol. The number of amides is 1. The van der Waals surface area contributed by atoms with E-state index in [4.69, 9.17) is 13.6 Å². The first-order valence-electron chi connectivity index (χ1n) is 5.38. The molecule has 7 nitrogen and oxygen atoms in total. The van der Waals surface area contributed by atoms with Crippen LogP contribution in [0, 0.1) is 5.41 Å². The molecule has 0 atom stereocenters. The Kier molecular flexibility index (Phi) is 2.71. The van der Waals surface area contributed by atoms with Crippen LogP contribution in [0.1, 0.15) is 0 Å². The molecule has 1 N–H and O–H groups in total. The summed E-state index contributed by atoms with van der Waals surface area (Å²) in [6, 6.07) is 5.19. The van der Waals surface area contributed by atoms with Gasteiger partial charge in [-0.3, -0.25) is 18.4 Å². The Labute approximate surface area is 103 Å². The van der Waals surface area contributed by atoms with Crippen LogP contribution in [0.3, 0.4) is 0 Å². The van der Waals surface area contributed by atoms with Crippen LogP contribution in [0.15, 0.2) is 24.4 Å². The fraction of sp³-hybridized carbons (Fsp3) is 0.400. The Hall–Kier alpha value is -1.27.